The molecule has 2 N–H and O–H groups in total. The summed E-state index contributed by atoms with van der Waals surface area (Å²) in [6.45, 7) is 1.56. The Labute approximate surface area is 164 Å². The van der Waals surface area contributed by atoms with Crippen LogP contribution in [0.4, 0.5) is 0 Å². The van der Waals surface area contributed by atoms with Crippen LogP contribution in [0, 0.1) is 5.92 Å². The predicted octanol–water partition coefficient (Wildman–Crippen LogP) is 3.63. The van der Waals surface area contributed by atoms with E-state index in [-0.39, 0.29) is 24.5 Å². The van der Waals surface area contributed by atoms with Gasteiger partial charge in [-0.15, -0.1) is 0 Å². The zero-order valence-corrected chi connectivity index (χ0v) is 16.1. The molecule has 0 aliphatic carbocycles. The van der Waals surface area contributed by atoms with Gasteiger partial charge in [0.05, 0.1) is 19.1 Å². The van der Waals surface area contributed by atoms with Crippen LogP contribution >= 0.6 is 0 Å². The summed E-state index contributed by atoms with van der Waals surface area (Å²) in [5.74, 6) is -1.40. The molecule has 0 fully saturated rings. The number of methoxy groups -OCH3 is 1. The molecule has 1 amide bonds. The lowest BCUT2D eigenvalue weighted by molar-refractivity contribution is -0.142. The first-order valence-corrected chi connectivity index (χ1v) is 9.16. The molecular weight excluding hydrogens is 358 g/mol. The molecule has 2 unspecified atom stereocenters. The lowest BCUT2D eigenvalue weighted by Gasteiger charge is -2.23. The molecule has 2 atom stereocenters. The third-order valence-electron chi connectivity index (χ3n) is 4.58. The second-order valence-electron chi connectivity index (χ2n) is 6.59. The first-order valence-electron chi connectivity index (χ1n) is 9.16. The summed E-state index contributed by atoms with van der Waals surface area (Å²) < 4.78 is 5.06. The number of hydrogen-bond acceptors (Lipinski definition) is 4. The Hall–Kier alpha value is -3.15. The molecule has 6 nitrogen and oxygen atoms in total. The van der Waals surface area contributed by atoms with Crippen molar-refractivity contribution >= 4 is 17.7 Å². The van der Waals surface area contributed by atoms with Gasteiger partial charge in [-0.3, -0.25) is 14.4 Å². The number of carboxylic acid groups (broad SMARTS) is 1. The summed E-state index contributed by atoms with van der Waals surface area (Å²) in [6, 6.07) is 15.2. The van der Waals surface area contributed by atoms with E-state index >= 15 is 0 Å². The maximum atomic E-state index is 12.3. The zero-order chi connectivity index (χ0) is 20.5. The second-order valence-corrected chi connectivity index (χ2v) is 6.59. The summed E-state index contributed by atoms with van der Waals surface area (Å²) in [5, 5.41) is 12.1. The molecule has 2 aromatic rings. The Balaban J connectivity index is 1.90. The van der Waals surface area contributed by atoms with E-state index < -0.39 is 17.9 Å². The number of nitrogens with one attached hydrogen (secondary N) is 1. The van der Waals surface area contributed by atoms with E-state index in [4.69, 9.17) is 4.74 Å². The molecule has 0 saturated heterocycles. The number of ether oxygens (including phenoxy) is 1. The molecule has 0 aliphatic rings. The van der Waals surface area contributed by atoms with Crippen LogP contribution < -0.4 is 10.1 Å². The van der Waals surface area contributed by atoms with Gasteiger partial charge in [0.25, 0.3) is 0 Å². The smallest absolute Gasteiger partial charge is 0.308 e. The fraction of sp³-hybridized carbons (Fsp3) is 0.318. The number of aliphatic carboxylic acids is 1. The fourth-order valence-electron chi connectivity index (χ4n) is 2.88. The summed E-state index contributed by atoms with van der Waals surface area (Å²) >= 11 is 0. The highest BCUT2D eigenvalue weighted by atomic mass is 16.5. The number of benzene rings is 2. The third kappa shape index (κ3) is 5.94. The highest BCUT2D eigenvalue weighted by Gasteiger charge is 2.26. The van der Waals surface area contributed by atoms with Crippen molar-refractivity contribution in [2.75, 3.05) is 7.11 Å². The van der Waals surface area contributed by atoms with Crippen molar-refractivity contribution in [2.24, 2.45) is 5.92 Å². The summed E-state index contributed by atoms with van der Waals surface area (Å²) in [4.78, 5) is 35.9. The average Bonchev–Trinajstić information content (AvgIpc) is 2.72. The molecule has 2 rings (SSSR count). The summed E-state index contributed by atoms with van der Waals surface area (Å²) in [5.41, 5.74) is 1.31. The molecule has 2 aromatic carbocycles. The number of carbonyl (C=O) groups excluding carboxylic acids is 2. The van der Waals surface area contributed by atoms with Gasteiger partial charge in [-0.1, -0.05) is 30.3 Å². The monoisotopic (exact) mass is 383 g/mol. The van der Waals surface area contributed by atoms with Crippen LogP contribution in [0.25, 0.3) is 0 Å². The molecule has 0 aromatic heterocycles. The first-order chi connectivity index (χ1) is 13.4. The van der Waals surface area contributed by atoms with Gasteiger partial charge in [0.15, 0.2) is 5.78 Å². The van der Waals surface area contributed by atoms with E-state index in [0.717, 1.165) is 5.56 Å². The number of hydrogen-bond donors (Lipinski definition) is 2. The quantitative estimate of drug-likeness (QED) is 0.611. The van der Waals surface area contributed by atoms with Crippen molar-refractivity contribution in [3.8, 4) is 5.75 Å². The second kappa shape index (κ2) is 10.3. The summed E-state index contributed by atoms with van der Waals surface area (Å²) in [6.07, 6.45) is 0.779. The SMILES string of the molecule is COc1ccc(C(=O)CCCC(=O)NC(c2ccccc2)C(C)C(=O)O)cc1. The van der Waals surface area contributed by atoms with Crippen molar-refractivity contribution in [2.45, 2.75) is 32.2 Å². The lowest BCUT2D eigenvalue weighted by Crippen LogP contribution is -2.35. The van der Waals surface area contributed by atoms with Crippen LogP contribution in [0.5, 0.6) is 5.75 Å². The molecule has 0 spiro atoms. The molecule has 0 heterocycles. The standard InChI is InChI=1S/C22H25NO5/c1-15(22(26)27)21(17-7-4-3-5-8-17)23-20(25)10-6-9-19(24)16-11-13-18(28-2)14-12-16/h3-5,7-8,11-15,21H,6,9-10H2,1-2H3,(H,23,25)(H,26,27). The van der Waals surface area contributed by atoms with E-state index in [2.05, 4.69) is 5.32 Å². The highest BCUT2D eigenvalue weighted by Crippen LogP contribution is 2.22. The van der Waals surface area contributed by atoms with Crippen LogP contribution in [-0.2, 0) is 9.59 Å². The molecule has 0 radical (unpaired) electrons. The molecular formula is C22H25NO5. The van der Waals surface area contributed by atoms with Gasteiger partial charge in [0.2, 0.25) is 5.91 Å². The van der Waals surface area contributed by atoms with Crippen molar-refractivity contribution in [1.29, 1.82) is 0 Å². The van der Waals surface area contributed by atoms with Crippen LogP contribution in [0.2, 0.25) is 0 Å². The van der Waals surface area contributed by atoms with Crippen molar-refractivity contribution in [3.63, 3.8) is 0 Å². The minimum absolute atomic E-state index is 0.0473. The maximum absolute atomic E-state index is 12.3. The number of rotatable bonds is 10. The number of ketones is 1. The number of Topliss-reactive ketones (excluding diaryl/α,β-unsaturated/α-hetero) is 1. The van der Waals surface area contributed by atoms with Crippen LogP contribution in [-0.4, -0.2) is 29.9 Å². The van der Waals surface area contributed by atoms with Gasteiger partial charge in [-0.05, 0) is 43.2 Å². The van der Waals surface area contributed by atoms with E-state index in [1.54, 1.807) is 62.6 Å². The Morgan fingerprint density at radius 3 is 2.21 bits per heavy atom. The highest BCUT2D eigenvalue weighted by molar-refractivity contribution is 5.96. The molecule has 0 bridgehead atoms. The van der Waals surface area contributed by atoms with Crippen molar-refractivity contribution in [1.82, 2.24) is 5.32 Å². The predicted molar refractivity (Wildman–Crippen MR) is 105 cm³/mol. The topological polar surface area (TPSA) is 92.7 Å². The molecule has 6 heteroatoms. The minimum Gasteiger partial charge on any atom is -0.497 e. The van der Waals surface area contributed by atoms with Crippen LogP contribution in [0.15, 0.2) is 54.6 Å². The van der Waals surface area contributed by atoms with Gasteiger partial charge in [-0.25, -0.2) is 0 Å². The van der Waals surface area contributed by atoms with Gasteiger partial charge < -0.3 is 15.2 Å². The number of carbonyl (C=O) groups is 3. The zero-order valence-electron chi connectivity index (χ0n) is 16.1. The average molecular weight is 383 g/mol. The van der Waals surface area contributed by atoms with E-state index in [1.165, 1.54) is 0 Å². The third-order valence-corrected chi connectivity index (χ3v) is 4.58. The Kier molecular flexibility index (Phi) is 7.75. The lowest BCUT2D eigenvalue weighted by atomic mass is 9.94. The van der Waals surface area contributed by atoms with E-state index in [0.29, 0.717) is 17.7 Å². The van der Waals surface area contributed by atoms with Gasteiger partial charge in [-0.2, -0.15) is 0 Å². The minimum atomic E-state index is -0.983. The molecule has 148 valence electrons. The van der Waals surface area contributed by atoms with Gasteiger partial charge in [0, 0.05) is 18.4 Å². The largest absolute Gasteiger partial charge is 0.497 e. The van der Waals surface area contributed by atoms with Gasteiger partial charge in [0.1, 0.15) is 5.75 Å². The van der Waals surface area contributed by atoms with Crippen molar-refractivity contribution in [3.05, 3.63) is 65.7 Å². The fourth-order valence-corrected chi connectivity index (χ4v) is 2.88. The normalized spacial score (nSPS) is 12.6. The van der Waals surface area contributed by atoms with E-state index in [9.17, 15) is 19.5 Å². The Morgan fingerprint density at radius 2 is 1.64 bits per heavy atom. The number of amides is 1. The molecule has 0 aliphatic heterocycles. The Morgan fingerprint density at radius 1 is 1.00 bits per heavy atom. The van der Waals surface area contributed by atoms with Crippen LogP contribution in [0.3, 0.4) is 0 Å². The molecule has 0 saturated carbocycles. The van der Waals surface area contributed by atoms with E-state index in [1.807, 2.05) is 6.07 Å². The first kappa shape index (κ1) is 21.2. The Bertz CT molecular complexity index is 801. The van der Waals surface area contributed by atoms with Gasteiger partial charge >= 0.3 is 5.97 Å². The van der Waals surface area contributed by atoms with Crippen LogP contribution in [0.1, 0.15) is 48.1 Å². The number of carboxylic acids is 1. The molecule has 28 heavy (non-hydrogen) atoms. The summed E-state index contributed by atoms with van der Waals surface area (Å²) in [7, 11) is 1.56. The van der Waals surface area contributed by atoms with Crippen molar-refractivity contribution < 1.29 is 24.2 Å². The maximum Gasteiger partial charge on any atom is 0.308 e.